The summed E-state index contributed by atoms with van der Waals surface area (Å²) in [4.78, 5) is 8.52. The number of benzene rings is 1. The van der Waals surface area contributed by atoms with Crippen LogP contribution >= 0.6 is 0 Å². The smallest absolute Gasteiger partial charge is 0.163 e. The third kappa shape index (κ3) is 1.82. The van der Waals surface area contributed by atoms with E-state index in [1.54, 1.807) is 11.7 Å². The number of aryl methyl sites for hydroxylation is 1. The van der Waals surface area contributed by atoms with Gasteiger partial charge in [0.2, 0.25) is 0 Å². The van der Waals surface area contributed by atoms with E-state index in [-0.39, 0.29) is 0 Å². The van der Waals surface area contributed by atoms with Gasteiger partial charge in [0.1, 0.15) is 12.0 Å². The zero-order chi connectivity index (χ0) is 13.4. The molecule has 0 aliphatic carbocycles. The summed E-state index contributed by atoms with van der Waals surface area (Å²) in [5, 5.41) is 6.88. The van der Waals surface area contributed by atoms with Gasteiger partial charge in [-0.2, -0.15) is 5.10 Å². The first-order valence-electron chi connectivity index (χ1n) is 5.90. The highest BCUT2D eigenvalue weighted by Gasteiger charge is 2.17. The third-order valence-corrected chi connectivity index (χ3v) is 2.98. The van der Waals surface area contributed by atoms with Crippen molar-refractivity contribution in [3.63, 3.8) is 0 Å². The third-order valence-electron chi connectivity index (χ3n) is 2.98. The van der Waals surface area contributed by atoms with E-state index in [0.717, 1.165) is 22.3 Å². The predicted molar refractivity (Wildman–Crippen MR) is 74.3 cm³/mol. The number of hydrogen-bond donors (Lipinski definition) is 1. The molecule has 96 valence electrons. The summed E-state index contributed by atoms with van der Waals surface area (Å²) in [6, 6.07) is 9.95. The van der Waals surface area contributed by atoms with Gasteiger partial charge in [-0.15, -0.1) is 0 Å². The van der Waals surface area contributed by atoms with Crippen LogP contribution in [0.15, 0.2) is 36.7 Å². The van der Waals surface area contributed by atoms with Crippen molar-refractivity contribution in [2.24, 2.45) is 12.9 Å². The highest BCUT2D eigenvalue weighted by atomic mass is 15.4. The lowest BCUT2D eigenvalue weighted by atomic mass is 10.1. The number of nitrogens with zero attached hydrogens (tertiary/aromatic N) is 5. The summed E-state index contributed by atoms with van der Waals surface area (Å²) in [6.45, 7) is 0. The number of aromatic nitrogens is 4. The summed E-state index contributed by atoms with van der Waals surface area (Å²) >= 11 is 0. The maximum absolute atomic E-state index is 5.84. The fraction of sp³-hybridized carbons (Fsp3) is 0.154. The molecule has 0 spiro atoms. The fourth-order valence-corrected chi connectivity index (χ4v) is 2.14. The van der Waals surface area contributed by atoms with Crippen LogP contribution < -0.4 is 10.9 Å². The van der Waals surface area contributed by atoms with Crippen LogP contribution in [-0.4, -0.2) is 26.8 Å². The van der Waals surface area contributed by atoms with Gasteiger partial charge in [-0.3, -0.25) is 5.01 Å². The van der Waals surface area contributed by atoms with Gasteiger partial charge < -0.3 is 0 Å². The molecule has 2 aromatic heterocycles. The molecule has 0 bridgehead atoms. The van der Waals surface area contributed by atoms with Crippen LogP contribution in [0.5, 0.6) is 0 Å². The van der Waals surface area contributed by atoms with Crippen molar-refractivity contribution in [1.29, 1.82) is 0 Å². The molecule has 1 aromatic carbocycles. The zero-order valence-corrected chi connectivity index (χ0v) is 10.8. The average Bonchev–Trinajstić information content (AvgIpc) is 2.77. The molecule has 0 saturated carbocycles. The van der Waals surface area contributed by atoms with Crippen molar-refractivity contribution in [3.05, 3.63) is 36.7 Å². The molecular weight excluding hydrogens is 240 g/mol. The highest BCUT2D eigenvalue weighted by molar-refractivity contribution is 5.99. The van der Waals surface area contributed by atoms with Crippen LogP contribution in [0.4, 0.5) is 5.82 Å². The van der Waals surface area contributed by atoms with Gasteiger partial charge in [0, 0.05) is 19.7 Å². The van der Waals surface area contributed by atoms with E-state index in [4.69, 9.17) is 5.84 Å². The van der Waals surface area contributed by atoms with Crippen LogP contribution in [0.1, 0.15) is 0 Å². The minimum Gasteiger partial charge on any atom is -0.297 e. The van der Waals surface area contributed by atoms with Crippen molar-refractivity contribution in [1.82, 2.24) is 19.7 Å². The van der Waals surface area contributed by atoms with Crippen LogP contribution in [0, 0.1) is 0 Å². The van der Waals surface area contributed by atoms with Gasteiger partial charge in [0.25, 0.3) is 0 Å². The van der Waals surface area contributed by atoms with Crippen molar-refractivity contribution < 1.29 is 0 Å². The number of nitrogens with two attached hydrogens (primary N) is 1. The van der Waals surface area contributed by atoms with E-state index in [0.29, 0.717) is 5.82 Å². The van der Waals surface area contributed by atoms with Gasteiger partial charge in [0.05, 0.1) is 5.39 Å². The Morgan fingerprint density at radius 1 is 1.16 bits per heavy atom. The summed E-state index contributed by atoms with van der Waals surface area (Å²) in [5.41, 5.74) is 2.62. The molecule has 0 fully saturated rings. The number of rotatable bonds is 2. The molecule has 6 heteroatoms. The van der Waals surface area contributed by atoms with Gasteiger partial charge in [0.15, 0.2) is 11.5 Å². The number of anilines is 1. The second-order valence-corrected chi connectivity index (χ2v) is 4.35. The monoisotopic (exact) mass is 254 g/mol. The molecule has 0 aliphatic rings. The van der Waals surface area contributed by atoms with Crippen molar-refractivity contribution in [2.45, 2.75) is 0 Å². The van der Waals surface area contributed by atoms with Gasteiger partial charge in [-0.05, 0) is 0 Å². The Balaban J connectivity index is 2.37. The highest BCUT2D eigenvalue weighted by Crippen LogP contribution is 2.31. The first-order valence-corrected chi connectivity index (χ1v) is 5.90. The standard InChI is InChI=1S/C13H14N6/c1-18(14)12-10-11(9-6-4-3-5-7-9)17-19(2)13(10)16-8-15-12/h3-8H,14H2,1-2H3. The Morgan fingerprint density at radius 2 is 1.89 bits per heavy atom. The molecule has 2 N–H and O–H groups in total. The van der Waals surface area contributed by atoms with E-state index < -0.39 is 0 Å². The van der Waals surface area contributed by atoms with Crippen molar-refractivity contribution >= 4 is 16.9 Å². The molecule has 2 heterocycles. The molecule has 3 rings (SSSR count). The first-order chi connectivity index (χ1) is 9.18. The summed E-state index contributed by atoms with van der Waals surface area (Å²) in [6.07, 6.45) is 1.50. The van der Waals surface area contributed by atoms with Crippen LogP contribution in [0.2, 0.25) is 0 Å². The Bertz CT molecular complexity index is 717. The molecule has 6 nitrogen and oxygen atoms in total. The lowest BCUT2D eigenvalue weighted by Crippen LogP contribution is -2.26. The second kappa shape index (κ2) is 4.33. The minimum atomic E-state index is 0.664. The van der Waals surface area contributed by atoms with E-state index in [1.165, 1.54) is 11.3 Å². The topological polar surface area (TPSA) is 72.9 Å². The Hall–Kier alpha value is -2.47. The molecule has 0 unspecified atom stereocenters. The molecule has 0 saturated heterocycles. The van der Waals surface area contributed by atoms with E-state index >= 15 is 0 Å². The van der Waals surface area contributed by atoms with Gasteiger partial charge in [-0.25, -0.2) is 20.5 Å². The Labute approximate surface area is 110 Å². The van der Waals surface area contributed by atoms with E-state index in [2.05, 4.69) is 15.1 Å². The second-order valence-electron chi connectivity index (χ2n) is 4.35. The van der Waals surface area contributed by atoms with Crippen LogP contribution in [0.3, 0.4) is 0 Å². The van der Waals surface area contributed by atoms with Crippen molar-refractivity contribution in [3.8, 4) is 11.3 Å². The van der Waals surface area contributed by atoms with Crippen molar-refractivity contribution in [2.75, 3.05) is 12.1 Å². The number of hydrazine groups is 1. The van der Waals surface area contributed by atoms with Gasteiger partial charge in [-0.1, -0.05) is 30.3 Å². The normalized spacial score (nSPS) is 10.9. The minimum absolute atomic E-state index is 0.664. The molecule has 19 heavy (non-hydrogen) atoms. The van der Waals surface area contributed by atoms with E-state index in [1.807, 2.05) is 37.4 Å². The summed E-state index contributed by atoms with van der Waals surface area (Å²) in [5.74, 6) is 6.51. The maximum Gasteiger partial charge on any atom is 0.163 e. The SMILES string of the molecule is CN(N)c1ncnc2c1c(-c1ccccc1)nn2C. The first kappa shape index (κ1) is 11.6. The maximum atomic E-state index is 5.84. The zero-order valence-electron chi connectivity index (χ0n) is 10.8. The van der Waals surface area contributed by atoms with Crippen LogP contribution in [0.25, 0.3) is 22.3 Å². The molecule has 0 radical (unpaired) electrons. The van der Waals surface area contributed by atoms with Gasteiger partial charge >= 0.3 is 0 Å². The van der Waals surface area contributed by atoms with Crippen LogP contribution in [-0.2, 0) is 7.05 Å². The molecule has 0 aliphatic heterocycles. The quantitative estimate of drug-likeness (QED) is 0.552. The summed E-state index contributed by atoms with van der Waals surface area (Å²) < 4.78 is 1.74. The Morgan fingerprint density at radius 3 is 2.58 bits per heavy atom. The van der Waals surface area contributed by atoms with E-state index in [9.17, 15) is 0 Å². The number of hydrogen-bond acceptors (Lipinski definition) is 5. The molecule has 3 aromatic rings. The summed E-state index contributed by atoms with van der Waals surface area (Å²) in [7, 11) is 3.62. The predicted octanol–water partition coefficient (Wildman–Crippen LogP) is 1.34. The fourth-order valence-electron chi connectivity index (χ4n) is 2.14. The average molecular weight is 254 g/mol. The lowest BCUT2D eigenvalue weighted by Gasteiger charge is -2.11. The Kier molecular flexibility index (Phi) is 2.64. The largest absolute Gasteiger partial charge is 0.297 e. The molecule has 0 atom stereocenters. The lowest BCUT2D eigenvalue weighted by molar-refractivity contribution is 0.788. The number of fused-ring (bicyclic) bond motifs is 1. The molecule has 0 amide bonds. The molecular formula is C13H14N6.